The van der Waals surface area contributed by atoms with Crippen LogP contribution in [0.25, 0.3) is 0 Å². The molecule has 0 bridgehead atoms. The van der Waals surface area contributed by atoms with Gasteiger partial charge in [0.1, 0.15) is 11.5 Å². The number of rotatable bonds is 9. The number of esters is 2. The van der Waals surface area contributed by atoms with Gasteiger partial charge in [-0.05, 0) is 57.7 Å². The van der Waals surface area contributed by atoms with Crippen molar-refractivity contribution in [2.75, 3.05) is 6.61 Å². The second-order valence-corrected chi connectivity index (χ2v) is 10.9. The summed E-state index contributed by atoms with van der Waals surface area (Å²) < 4.78 is 10.3. The molecule has 0 saturated carbocycles. The number of benzene rings is 2. The highest BCUT2D eigenvalue weighted by Crippen LogP contribution is 2.34. The molecule has 0 fully saturated rings. The number of hydrogen-bond acceptors (Lipinski definition) is 7. The molecule has 7 heteroatoms. The van der Waals surface area contributed by atoms with Gasteiger partial charge >= 0.3 is 17.9 Å². The Hall–Kier alpha value is -3.54. The predicted octanol–water partition coefficient (Wildman–Crippen LogP) is 5.33. The molecule has 0 spiro atoms. The topological polar surface area (TPSA) is 113 Å². The first-order chi connectivity index (χ1) is 17.2. The molecule has 0 saturated heterocycles. The lowest BCUT2D eigenvalue weighted by molar-refractivity contribution is -0.153. The summed E-state index contributed by atoms with van der Waals surface area (Å²) in [5.41, 5.74) is 4.71. The van der Waals surface area contributed by atoms with Crippen LogP contribution in [0.3, 0.4) is 0 Å². The van der Waals surface area contributed by atoms with Crippen molar-refractivity contribution in [1.29, 1.82) is 0 Å². The molecule has 0 aliphatic carbocycles. The van der Waals surface area contributed by atoms with Crippen LogP contribution in [-0.4, -0.2) is 33.9 Å². The lowest BCUT2D eigenvalue weighted by Gasteiger charge is -2.21. The molecular weight excluding hydrogens is 472 g/mol. The van der Waals surface area contributed by atoms with Crippen molar-refractivity contribution in [2.45, 2.75) is 78.1 Å². The Kier molecular flexibility index (Phi) is 10.1. The summed E-state index contributed by atoms with van der Waals surface area (Å²) >= 11 is 0. The molecule has 200 valence electrons. The number of aromatic hydroxyl groups is 2. The third kappa shape index (κ3) is 8.81. The molecular formula is C30H38O7. The summed E-state index contributed by atoms with van der Waals surface area (Å²) in [4.78, 5) is 24.9. The molecule has 3 N–H and O–H groups in total. The van der Waals surface area contributed by atoms with Crippen molar-refractivity contribution in [3.8, 4) is 11.5 Å². The summed E-state index contributed by atoms with van der Waals surface area (Å²) in [7, 11) is 0. The average molecular weight is 511 g/mol. The molecule has 0 aliphatic rings. The van der Waals surface area contributed by atoms with E-state index in [2.05, 4.69) is 5.73 Å². The third-order valence-electron chi connectivity index (χ3n) is 5.78. The standard InChI is InChI=1S/C30H38O7/c1-29(2,3)22-12-7-10-20(27(22)34)15-17-24(32)36-26(14-9-19-31)37-25(33)18-16-21-11-8-13-23(28(21)35)30(4,5)6/h7-13,31,34-35H,15-19H2,1-6H3. The van der Waals surface area contributed by atoms with Gasteiger partial charge in [-0.15, -0.1) is 0 Å². The maximum atomic E-state index is 12.5. The first kappa shape index (κ1) is 29.7. The van der Waals surface area contributed by atoms with E-state index in [1.54, 1.807) is 12.1 Å². The van der Waals surface area contributed by atoms with Crippen LogP contribution in [0.5, 0.6) is 11.5 Å². The molecule has 37 heavy (non-hydrogen) atoms. The summed E-state index contributed by atoms with van der Waals surface area (Å²) in [6, 6.07) is 10.8. The van der Waals surface area contributed by atoms with Crippen molar-refractivity contribution in [1.82, 2.24) is 0 Å². The summed E-state index contributed by atoms with van der Waals surface area (Å²) in [5, 5.41) is 30.3. The van der Waals surface area contributed by atoms with E-state index in [4.69, 9.17) is 14.6 Å². The maximum absolute atomic E-state index is 12.5. The van der Waals surface area contributed by atoms with E-state index in [9.17, 15) is 19.8 Å². The van der Waals surface area contributed by atoms with Crippen LogP contribution < -0.4 is 0 Å². The van der Waals surface area contributed by atoms with Crippen LogP contribution in [0.15, 0.2) is 54.2 Å². The Labute approximate surface area is 219 Å². The number of hydrogen-bond donors (Lipinski definition) is 3. The van der Waals surface area contributed by atoms with Crippen molar-refractivity contribution >= 4 is 11.9 Å². The molecule has 2 aromatic rings. The molecule has 2 aromatic carbocycles. The highest BCUT2D eigenvalue weighted by molar-refractivity contribution is 5.73. The normalized spacial score (nSPS) is 11.4. The summed E-state index contributed by atoms with van der Waals surface area (Å²) in [6.45, 7) is 11.5. The predicted molar refractivity (Wildman–Crippen MR) is 141 cm³/mol. The Morgan fingerprint density at radius 1 is 0.784 bits per heavy atom. The minimum Gasteiger partial charge on any atom is -0.507 e. The minimum atomic E-state index is -0.683. The largest absolute Gasteiger partial charge is 0.507 e. The van der Waals surface area contributed by atoms with Crippen LogP contribution in [0, 0.1) is 0 Å². The molecule has 2 rings (SSSR count). The Morgan fingerprint density at radius 3 is 1.54 bits per heavy atom. The highest BCUT2D eigenvalue weighted by atomic mass is 16.7. The molecule has 0 heterocycles. The molecule has 0 unspecified atom stereocenters. The van der Waals surface area contributed by atoms with E-state index < -0.39 is 17.9 Å². The number of phenols is 2. The maximum Gasteiger partial charge on any atom is 0.343 e. The van der Waals surface area contributed by atoms with Gasteiger partial charge in [0.05, 0.1) is 19.4 Å². The number of phenolic OH excluding ortho intramolecular Hbond substituents is 2. The zero-order valence-corrected chi connectivity index (χ0v) is 22.6. The van der Waals surface area contributed by atoms with E-state index in [0.717, 1.165) is 17.2 Å². The second-order valence-electron chi connectivity index (χ2n) is 10.9. The smallest absolute Gasteiger partial charge is 0.343 e. The van der Waals surface area contributed by atoms with Crippen molar-refractivity contribution in [2.24, 2.45) is 0 Å². The van der Waals surface area contributed by atoms with Crippen molar-refractivity contribution < 1.29 is 34.4 Å². The molecule has 0 atom stereocenters. The Bertz CT molecular complexity index is 1090. The number of carbonyl (C=O) groups excluding carboxylic acids is 2. The average Bonchev–Trinajstić information content (AvgIpc) is 2.79. The fraction of sp³-hybridized carbons (Fsp3) is 0.433. The minimum absolute atomic E-state index is 0.0729. The van der Waals surface area contributed by atoms with E-state index in [1.165, 1.54) is 0 Å². The van der Waals surface area contributed by atoms with Crippen molar-refractivity contribution in [3.05, 3.63) is 76.4 Å². The fourth-order valence-electron chi connectivity index (χ4n) is 3.79. The monoisotopic (exact) mass is 510 g/mol. The summed E-state index contributed by atoms with van der Waals surface area (Å²) in [5.74, 6) is -1.55. The quantitative estimate of drug-likeness (QED) is 0.237. The summed E-state index contributed by atoms with van der Waals surface area (Å²) in [6.07, 6.45) is 1.46. The Morgan fingerprint density at radius 2 is 1.19 bits per heavy atom. The van der Waals surface area contributed by atoms with Crippen LogP contribution in [0.4, 0.5) is 0 Å². The van der Waals surface area contributed by atoms with Crippen LogP contribution in [0.1, 0.15) is 76.6 Å². The van der Waals surface area contributed by atoms with Gasteiger partial charge in [-0.1, -0.05) is 77.9 Å². The van der Waals surface area contributed by atoms with E-state index >= 15 is 0 Å². The number of aryl methyl sites for hydroxylation is 2. The molecule has 0 radical (unpaired) electrons. The van der Waals surface area contributed by atoms with Crippen LogP contribution in [0.2, 0.25) is 0 Å². The lowest BCUT2D eigenvalue weighted by atomic mass is 9.85. The van der Waals surface area contributed by atoms with E-state index in [1.807, 2.05) is 65.8 Å². The van der Waals surface area contributed by atoms with Gasteiger partial charge in [-0.3, -0.25) is 9.59 Å². The van der Waals surface area contributed by atoms with Gasteiger partial charge in [0.2, 0.25) is 0 Å². The highest BCUT2D eigenvalue weighted by Gasteiger charge is 2.22. The zero-order valence-electron chi connectivity index (χ0n) is 22.6. The first-order valence-electron chi connectivity index (χ1n) is 12.3. The SMILES string of the molecule is CC(C)(C)c1cccc(CCC(=O)OC(=C=CCO)OC(=O)CCc2cccc(C(C)(C)C)c2O)c1O. The number of aliphatic hydroxyl groups is 1. The van der Waals surface area contributed by atoms with Gasteiger partial charge < -0.3 is 24.8 Å². The number of carbonyl (C=O) groups is 2. The second kappa shape index (κ2) is 12.6. The van der Waals surface area contributed by atoms with Gasteiger partial charge in [-0.2, -0.15) is 0 Å². The first-order valence-corrected chi connectivity index (χ1v) is 12.3. The number of ether oxygens (including phenoxy) is 2. The number of aliphatic hydroxyl groups excluding tert-OH is 1. The van der Waals surface area contributed by atoms with E-state index in [-0.39, 0.29) is 54.6 Å². The zero-order chi connectivity index (χ0) is 27.8. The molecule has 0 aromatic heterocycles. The fourth-order valence-corrected chi connectivity index (χ4v) is 3.79. The van der Waals surface area contributed by atoms with Gasteiger partial charge in [0.25, 0.3) is 0 Å². The molecule has 0 aliphatic heterocycles. The molecule has 7 nitrogen and oxygen atoms in total. The van der Waals surface area contributed by atoms with Gasteiger partial charge in [-0.25, -0.2) is 0 Å². The third-order valence-corrected chi connectivity index (χ3v) is 5.78. The van der Waals surface area contributed by atoms with Gasteiger partial charge in [0, 0.05) is 0 Å². The van der Waals surface area contributed by atoms with Crippen LogP contribution >= 0.6 is 0 Å². The van der Waals surface area contributed by atoms with Crippen molar-refractivity contribution in [3.63, 3.8) is 0 Å². The van der Waals surface area contributed by atoms with Gasteiger partial charge in [0.15, 0.2) is 0 Å². The van der Waals surface area contributed by atoms with Crippen LogP contribution in [-0.2, 0) is 42.7 Å². The van der Waals surface area contributed by atoms with E-state index in [0.29, 0.717) is 11.1 Å². The lowest BCUT2D eigenvalue weighted by Crippen LogP contribution is -2.14. The Balaban J connectivity index is 2.02. The number of para-hydroxylation sites is 2. The molecule has 0 amide bonds.